The summed E-state index contributed by atoms with van der Waals surface area (Å²) in [6.45, 7) is 13.1. The van der Waals surface area contributed by atoms with Gasteiger partial charge in [-0.2, -0.15) is 0 Å². The van der Waals surface area contributed by atoms with E-state index in [0.717, 1.165) is 13.2 Å². The van der Waals surface area contributed by atoms with E-state index >= 15 is 0 Å². The molecule has 0 amide bonds. The molecular formula is C10H21IO2Si. The lowest BCUT2D eigenvalue weighted by atomic mass is 10.2. The van der Waals surface area contributed by atoms with E-state index in [4.69, 9.17) is 9.16 Å². The molecular weight excluding hydrogens is 307 g/mol. The minimum absolute atomic E-state index is 0.298. The van der Waals surface area contributed by atoms with Crippen LogP contribution in [-0.2, 0) is 9.16 Å². The average Bonchev–Trinajstić information content (AvgIpc) is 2.33. The Bertz CT molecular complexity index is 201. The van der Waals surface area contributed by atoms with Crippen molar-refractivity contribution in [2.45, 2.75) is 48.9 Å². The molecule has 0 aromatic rings. The van der Waals surface area contributed by atoms with Crippen molar-refractivity contribution in [2.75, 3.05) is 13.2 Å². The summed E-state index contributed by atoms with van der Waals surface area (Å²) < 4.78 is 12.2. The third-order valence-electron chi connectivity index (χ3n) is 3.21. The number of ether oxygens (including phenoxy) is 1. The second-order valence-electron chi connectivity index (χ2n) is 5.47. The zero-order chi connectivity index (χ0) is 11.0. The highest BCUT2D eigenvalue weighted by Gasteiger charge is 2.41. The quantitative estimate of drug-likeness (QED) is 0.440. The Morgan fingerprint density at radius 2 is 1.86 bits per heavy atom. The van der Waals surface area contributed by atoms with E-state index in [1.165, 1.54) is 0 Å². The smallest absolute Gasteiger partial charge is 0.192 e. The highest BCUT2D eigenvalue weighted by molar-refractivity contribution is 14.1. The molecule has 0 spiro atoms. The van der Waals surface area contributed by atoms with E-state index in [-0.39, 0.29) is 0 Å². The fourth-order valence-electron chi connectivity index (χ4n) is 1.17. The normalized spacial score (nSPS) is 29.6. The fraction of sp³-hybridized carbons (Fsp3) is 1.00. The van der Waals surface area contributed by atoms with Crippen LogP contribution in [0.2, 0.25) is 18.1 Å². The van der Waals surface area contributed by atoms with E-state index in [1.54, 1.807) is 0 Å². The molecule has 1 aliphatic heterocycles. The molecule has 2 nitrogen and oxygen atoms in total. The van der Waals surface area contributed by atoms with Crippen LogP contribution in [0.25, 0.3) is 0 Å². The van der Waals surface area contributed by atoms with Gasteiger partial charge in [-0.1, -0.05) is 43.4 Å². The molecule has 0 saturated carbocycles. The SMILES string of the molecule is CC(C)(C)[Si](C)(C)OC1COCC1I. The molecule has 0 aromatic carbocycles. The Morgan fingerprint density at radius 3 is 2.21 bits per heavy atom. The van der Waals surface area contributed by atoms with Crippen molar-refractivity contribution in [3.05, 3.63) is 0 Å². The van der Waals surface area contributed by atoms with Gasteiger partial charge in [0.2, 0.25) is 0 Å². The molecule has 1 aliphatic rings. The molecule has 2 atom stereocenters. The van der Waals surface area contributed by atoms with Crippen LogP contribution < -0.4 is 0 Å². The summed E-state index contributed by atoms with van der Waals surface area (Å²) in [6.07, 6.45) is 0.316. The maximum atomic E-state index is 6.28. The van der Waals surface area contributed by atoms with Crippen LogP contribution in [0.1, 0.15) is 20.8 Å². The second-order valence-corrected chi connectivity index (χ2v) is 11.8. The topological polar surface area (TPSA) is 18.5 Å². The van der Waals surface area contributed by atoms with Crippen molar-refractivity contribution in [3.8, 4) is 0 Å². The maximum absolute atomic E-state index is 6.28. The summed E-state index contributed by atoms with van der Waals surface area (Å²) >= 11 is 2.43. The van der Waals surface area contributed by atoms with Gasteiger partial charge in [-0.25, -0.2) is 0 Å². The predicted molar refractivity (Wildman–Crippen MR) is 70.7 cm³/mol. The lowest BCUT2D eigenvalue weighted by molar-refractivity contribution is 0.132. The molecule has 0 N–H and O–H groups in total. The largest absolute Gasteiger partial charge is 0.410 e. The third-order valence-corrected chi connectivity index (χ3v) is 8.88. The first-order chi connectivity index (χ1) is 6.24. The number of alkyl halides is 1. The van der Waals surface area contributed by atoms with Gasteiger partial charge in [0.05, 0.1) is 23.2 Å². The zero-order valence-corrected chi connectivity index (χ0v) is 12.9. The lowest BCUT2D eigenvalue weighted by Crippen LogP contribution is -2.45. The van der Waals surface area contributed by atoms with Crippen LogP contribution >= 0.6 is 22.6 Å². The van der Waals surface area contributed by atoms with Crippen LogP contribution in [0.4, 0.5) is 0 Å². The maximum Gasteiger partial charge on any atom is 0.192 e. The van der Waals surface area contributed by atoms with Gasteiger partial charge in [-0.05, 0) is 18.1 Å². The van der Waals surface area contributed by atoms with E-state index in [2.05, 4.69) is 56.5 Å². The molecule has 0 aliphatic carbocycles. The molecule has 84 valence electrons. The van der Waals surface area contributed by atoms with Crippen molar-refractivity contribution < 1.29 is 9.16 Å². The monoisotopic (exact) mass is 328 g/mol. The molecule has 0 aromatic heterocycles. The summed E-state index contributed by atoms with van der Waals surface area (Å²) in [7, 11) is -1.60. The molecule has 2 unspecified atom stereocenters. The van der Waals surface area contributed by atoms with Crippen molar-refractivity contribution in [1.82, 2.24) is 0 Å². The van der Waals surface area contributed by atoms with Gasteiger partial charge in [0.25, 0.3) is 0 Å². The summed E-state index contributed by atoms with van der Waals surface area (Å²) in [5, 5.41) is 0.298. The molecule has 1 saturated heterocycles. The van der Waals surface area contributed by atoms with Gasteiger partial charge in [-0.15, -0.1) is 0 Å². The van der Waals surface area contributed by atoms with E-state index in [0.29, 0.717) is 15.1 Å². The van der Waals surface area contributed by atoms with Crippen LogP contribution in [0.15, 0.2) is 0 Å². The van der Waals surface area contributed by atoms with Crippen molar-refractivity contribution in [3.63, 3.8) is 0 Å². The van der Waals surface area contributed by atoms with Crippen molar-refractivity contribution >= 4 is 30.9 Å². The molecule has 1 heterocycles. The average molecular weight is 328 g/mol. The highest BCUT2D eigenvalue weighted by atomic mass is 127. The minimum atomic E-state index is -1.60. The molecule has 0 radical (unpaired) electrons. The number of halogens is 1. The van der Waals surface area contributed by atoms with Gasteiger partial charge in [0, 0.05) is 0 Å². The number of hydrogen-bond acceptors (Lipinski definition) is 2. The van der Waals surface area contributed by atoms with Gasteiger partial charge in [0.1, 0.15) is 0 Å². The van der Waals surface area contributed by atoms with Crippen LogP contribution in [0, 0.1) is 0 Å². The van der Waals surface area contributed by atoms with Gasteiger partial charge in [0.15, 0.2) is 8.32 Å². The first-order valence-corrected chi connectivity index (χ1v) is 9.29. The predicted octanol–water partition coefficient (Wildman–Crippen LogP) is 3.21. The fourth-order valence-corrected chi connectivity index (χ4v) is 3.40. The summed E-state index contributed by atoms with van der Waals surface area (Å²) in [5.74, 6) is 0. The molecule has 0 bridgehead atoms. The standard InChI is InChI=1S/C10H21IO2Si/c1-10(2,3)14(4,5)13-9-7-12-6-8(9)11/h8-9H,6-7H2,1-5H3. The first kappa shape index (κ1) is 12.9. The third kappa shape index (κ3) is 2.93. The van der Waals surface area contributed by atoms with Crippen LogP contribution in [0.5, 0.6) is 0 Å². The van der Waals surface area contributed by atoms with Crippen LogP contribution in [0.3, 0.4) is 0 Å². The van der Waals surface area contributed by atoms with Gasteiger partial charge >= 0.3 is 0 Å². The molecule has 1 rings (SSSR count). The van der Waals surface area contributed by atoms with E-state index < -0.39 is 8.32 Å². The van der Waals surface area contributed by atoms with Gasteiger partial charge in [-0.3, -0.25) is 0 Å². The summed E-state index contributed by atoms with van der Waals surface area (Å²) in [6, 6.07) is 0. The molecule has 1 fully saturated rings. The number of hydrogen-bond donors (Lipinski definition) is 0. The summed E-state index contributed by atoms with van der Waals surface area (Å²) in [5.41, 5.74) is 0. The van der Waals surface area contributed by atoms with Crippen LogP contribution in [-0.4, -0.2) is 31.6 Å². The van der Waals surface area contributed by atoms with Crippen molar-refractivity contribution in [2.24, 2.45) is 0 Å². The van der Waals surface area contributed by atoms with Crippen molar-refractivity contribution in [1.29, 1.82) is 0 Å². The molecule has 4 heteroatoms. The Labute approximate surface area is 102 Å². The Morgan fingerprint density at radius 1 is 1.29 bits per heavy atom. The highest BCUT2D eigenvalue weighted by Crippen LogP contribution is 2.38. The Kier molecular flexibility index (Phi) is 4.06. The summed E-state index contributed by atoms with van der Waals surface area (Å²) in [4.78, 5) is 0. The van der Waals surface area contributed by atoms with E-state index in [1.807, 2.05) is 0 Å². The second kappa shape index (κ2) is 4.39. The first-order valence-electron chi connectivity index (χ1n) is 5.14. The molecule has 14 heavy (non-hydrogen) atoms. The zero-order valence-electron chi connectivity index (χ0n) is 9.76. The number of rotatable bonds is 2. The Balaban J connectivity index is 2.58. The van der Waals surface area contributed by atoms with E-state index in [9.17, 15) is 0 Å². The van der Waals surface area contributed by atoms with Gasteiger partial charge < -0.3 is 9.16 Å². The lowest BCUT2D eigenvalue weighted by Gasteiger charge is -2.38. The minimum Gasteiger partial charge on any atom is -0.410 e. The Hall–Kier alpha value is 0.867.